The van der Waals surface area contributed by atoms with Crippen molar-refractivity contribution in [1.29, 1.82) is 0 Å². The molecule has 2 aromatic rings. The van der Waals surface area contributed by atoms with E-state index in [0.29, 0.717) is 6.54 Å². The van der Waals surface area contributed by atoms with Crippen molar-refractivity contribution < 1.29 is 0 Å². The molecular weight excluding hydrogens is 298 g/mol. The van der Waals surface area contributed by atoms with E-state index in [4.69, 9.17) is 12.3 Å². The first-order valence-electron chi connectivity index (χ1n) is 7.68. The van der Waals surface area contributed by atoms with Crippen LogP contribution in [0, 0.1) is 20.4 Å². The predicted octanol–water partition coefficient (Wildman–Crippen LogP) is 4.12. The van der Waals surface area contributed by atoms with Crippen molar-refractivity contribution in [2.45, 2.75) is 20.3 Å². The minimum atomic E-state index is 0.605. The first-order chi connectivity index (χ1) is 11.6. The molecule has 0 bridgehead atoms. The van der Waals surface area contributed by atoms with Gasteiger partial charge in [-0.1, -0.05) is 23.0 Å². The Labute approximate surface area is 142 Å². The van der Waals surface area contributed by atoms with Crippen molar-refractivity contribution in [3.05, 3.63) is 51.9 Å². The fourth-order valence-corrected chi connectivity index (χ4v) is 2.59. The van der Waals surface area contributed by atoms with E-state index < -0.39 is 0 Å². The quantitative estimate of drug-likeness (QED) is 0.477. The van der Waals surface area contributed by atoms with Crippen molar-refractivity contribution in [3.8, 4) is 17.7 Å². The molecule has 0 unspecified atom stereocenters. The molecule has 0 atom stereocenters. The summed E-state index contributed by atoms with van der Waals surface area (Å²) in [7, 11) is 0. The summed E-state index contributed by atoms with van der Waals surface area (Å²) >= 11 is 0. The van der Waals surface area contributed by atoms with E-state index >= 15 is 0 Å². The summed E-state index contributed by atoms with van der Waals surface area (Å²) in [6.45, 7) is 13.4. The molecule has 0 radical (unpaired) electrons. The van der Waals surface area contributed by atoms with Gasteiger partial charge in [0.2, 0.25) is 0 Å². The average Bonchev–Trinajstić information content (AvgIpc) is 2.58. The summed E-state index contributed by atoms with van der Waals surface area (Å²) in [4.78, 5) is 7.94. The van der Waals surface area contributed by atoms with Gasteiger partial charge in [0.05, 0.1) is 17.7 Å². The Morgan fingerprint density at radius 1 is 1.25 bits per heavy atom. The zero-order chi connectivity index (χ0) is 17.5. The topological polar surface area (TPSA) is 67.1 Å². The molecule has 24 heavy (non-hydrogen) atoms. The average molecular weight is 320 g/mol. The number of hydrogen-bond donors (Lipinski definition) is 2. The Kier molecular flexibility index (Phi) is 5.69. The standard InChI is InChI=1S/C19H22N5/c1-13-5-6-16(9-15(13)7-8-21-3)17-10-18(23-12-20)14(2)19(11-17)24-22-4/h3,5-6,9-12,24H,4,7-8H2,1-2H3,(H2,20,23)/q+1. The van der Waals surface area contributed by atoms with Crippen LogP contribution in [0.3, 0.4) is 0 Å². The number of rotatable bonds is 6. The van der Waals surface area contributed by atoms with E-state index in [1.165, 1.54) is 17.5 Å². The molecule has 0 aromatic heterocycles. The molecule has 0 saturated heterocycles. The molecule has 3 N–H and O–H groups in total. The van der Waals surface area contributed by atoms with E-state index in [9.17, 15) is 0 Å². The van der Waals surface area contributed by atoms with E-state index in [1.807, 2.05) is 19.1 Å². The van der Waals surface area contributed by atoms with Crippen LogP contribution in [0.15, 0.2) is 40.4 Å². The third-order valence-electron chi connectivity index (χ3n) is 3.99. The van der Waals surface area contributed by atoms with Gasteiger partial charge in [0, 0.05) is 13.1 Å². The minimum absolute atomic E-state index is 0.605. The van der Waals surface area contributed by atoms with Crippen LogP contribution in [0.5, 0.6) is 0 Å². The molecule has 0 aliphatic carbocycles. The third-order valence-corrected chi connectivity index (χ3v) is 3.99. The molecule has 0 aliphatic rings. The predicted molar refractivity (Wildman–Crippen MR) is 104 cm³/mol. The summed E-state index contributed by atoms with van der Waals surface area (Å²) in [5.74, 6) is 0. The van der Waals surface area contributed by atoms with Gasteiger partial charge in [-0.3, -0.25) is 5.43 Å². The van der Waals surface area contributed by atoms with Crippen LogP contribution in [0.25, 0.3) is 16.0 Å². The lowest BCUT2D eigenvalue weighted by Gasteiger charge is -2.13. The molecule has 122 valence electrons. The molecule has 5 heteroatoms. The maximum absolute atomic E-state index is 5.47. The largest absolute Gasteiger partial charge is 0.390 e. The second-order valence-corrected chi connectivity index (χ2v) is 5.51. The van der Waals surface area contributed by atoms with Gasteiger partial charge in [-0.2, -0.15) is 5.10 Å². The first-order valence-corrected chi connectivity index (χ1v) is 7.68. The molecule has 0 fully saturated rings. The zero-order valence-corrected chi connectivity index (χ0v) is 14.1. The molecule has 5 nitrogen and oxygen atoms in total. The van der Waals surface area contributed by atoms with Crippen LogP contribution in [0.4, 0.5) is 11.4 Å². The smallest absolute Gasteiger partial charge is 0.267 e. The summed E-state index contributed by atoms with van der Waals surface area (Å²) in [5.41, 5.74) is 15.5. The molecule has 0 aliphatic heterocycles. The molecule has 2 aromatic carbocycles. The number of aryl methyl sites for hydroxylation is 1. The normalized spacial score (nSPS) is 10.5. The lowest BCUT2D eigenvalue weighted by Crippen LogP contribution is -1.96. The number of hydrogen-bond acceptors (Lipinski definition) is 3. The molecule has 2 rings (SSSR count). The van der Waals surface area contributed by atoms with Gasteiger partial charge in [0.25, 0.3) is 13.1 Å². The number of nitrogens with zero attached hydrogens (tertiary/aromatic N) is 3. The third kappa shape index (κ3) is 3.79. The number of nitrogens with two attached hydrogens (primary N) is 1. The van der Waals surface area contributed by atoms with Gasteiger partial charge in [-0.15, -0.1) is 0 Å². The minimum Gasteiger partial charge on any atom is -0.390 e. The number of hydrazone groups is 1. The first kappa shape index (κ1) is 17.2. The van der Waals surface area contributed by atoms with Gasteiger partial charge in [-0.25, -0.2) is 4.99 Å². The van der Waals surface area contributed by atoms with E-state index in [0.717, 1.165) is 34.5 Å². The highest BCUT2D eigenvalue weighted by atomic mass is 15.3. The van der Waals surface area contributed by atoms with Gasteiger partial charge in [-0.05, 0) is 53.8 Å². The maximum atomic E-state index is 5.47. The Morgan fingerprint density at radius 2 is 2.04 bits per heavy atom. The van der Waals surface area contributed by atoms with Crippen LogP contribution in [-0.2, 0) is 6.42 Å². The summed E-state index contributed by atoms with van der Waals surface area (Å²) in [6.07, 6.45) is 2.11. The van der Waals surface area contributed by atoms with Gasteiger partial charge in [0.15, 0.2) is 0 Å². The second kappa shape index (κ2) is 7.93. The highest BCUT2D eigenvalue weighted by Crippen LogP contribution is 2.34. The van der Waals surface area contributed by atoms with Crippen molar-refractivity contribution in [2.24, 2.45) is 15.8 Å². The summed E-state index contributed by atoms with van der Waals surface area (Å²) in [6, 6.07) is 10.4. The Balaban J connectivity index is 2.55. The molecule has 0 saturated carbocycles. The Bertz CT molecular complexity index is 815. The fourth-order valence-electron chi connectivity index (χ4n) is 2.59. The van der Waals surface area contributed by atoms with E-state index in [2.05, 4.69) is 52.2 Å². The number of benzene rings is 2. The van der Waals surface area contributed by atoms with Crippen LogP contribution < -0.4 is 11.2 Å². The SMILES string of the molecule is C#[N+]CCc1cc(-c2cc(N=CN)c(C)c(NN=C)c2)ccc1C. The second-order valence-electron chi connectivity index (χ2n) is 5.51. The van der Waals surface area contributed by atoms with Gasteiger partial charge < -0.3 is 5.73 Å². The molecule has 0 amide bonds. The lowest BCUT2D eigenvalue weighted by atomic mass is 9.96. The Morgan fingerprint density at radius 3 is 2.71 bits per heavy atom. The van der Waals surface area contributed by atoms with Gasteiger partial charge in [0.1, 0.15) is 0 Å². The number of aliphatic imine (C=N–C) groups is 1. The van der Waals surface area contributed by atoms with Gasteiger partial charge >= 0.3 is 0 Å². The van der Waals surface area contributed by atoms with Crippen molar-refractivity contribution in [2.75, 3.05) is 12.0 Å². The summed E-state index contributed by atoms with van der Waals surface area (Å²) in [5, 5.41) is 3.77. The van der Waals surface area contributed by atoms with Crippen molar-refractivity contribution in [1.82, 2.24) is 0 Å². The van der Waals surface area contributed by atoms with Crippen LogP contribution in [0.1, 0.15) is 16.7 Å². The molecule has 0 spiro atoms. The number of anilines is 1. The molecule has 0 heterocycles. The van der Waals surface area contributed by atoms with Crippen molar-refractivity contribution >= 4 is 24.4 Å². The Hall–Kier alpha value is -3.13. The lowest BCUT2D eigenvalue weighted by molar-refractivity contribution is 1.06. The highest BCUT2D eigenvalue weighted by molar-refractivity contribution is 5.78. The van der Waals surface area contributed by atoms with Crippen LogP contribution in [0.2, 0.25) is 0 Å². The van der Waals surface area contributed by atoms with E-state index in [-0.39, 0.29) is 0 Å². The van der Waals surface area contributed by atoms with E-state index in [1.54, 1.807) is 0 Å². The van der Waals surface area contributed by atoms with Crippen LogP contribution >= 0.6 is 0 Å². The summed E-state index contributed by atoms with van der Waals surface area (Å²) < 4.78 is 0. The number of nitrogens with one attached hydrogen (secondary N) is 1. The highest BCUT2D eigenvalue weighted by Gasteiger charge is 2.10. The van der Waals surface area contributed by atoms with Crippen LogP contribution in [-0.4, -0.2) is 19.6 Å². The maximum Gasteiger partial charge on any atom is 0.267 e. The zero-order valence-electron chi connectivity index (χ0n) is 14.1. The molecular formula is C19H22N5+. The fraction of sp³-hybridized carbons (Fsp3) is 0.211. The van der Waals surface area contributed by atoms with Crippen molar-refractivity contribution in [3.63, 3.8) is 0 Å². The monoisotopic (exact) mass is 320 g/mol.